The molecule has 0 aliphatic rings. The van der Waals surface area contributed by atoms with Crippen LogP contribution < -0.4 is 4.72 Å². The maximum Gasteiger partial charge on any atom is 0.416 e. The van der Waals surface area contributed by atoms with Gasteiger partial charge in [0.15, 0.2) is 9.84 Å². The van der Waals surface area contributed by atoms with Gasteiger partial charge in [-0.2, -0.15) is 13.2 Å². The van der Waals surface area contributed by atoms with Crippen LogP contribution in [0.1, 0.15) is 29.8 Å². The Kier molecular flexibility index (Phi) is 5.90. The van der Waals surface area contributed by atoms with Gasteiger partial charge in [-0.1, -0.05) is 0 Å². The van der Waals surface area contributed by atoms with E-state index in [-0.39, 0.29) is 15.4 Å². The summed E-state index contributed by atoms with van der Waals surface area (Å²) in [6.07, 6.45) is -4.58. The third-order valence-corrected chi connectivity index (χ3v) is 7.30. The molecule has 28 heavy (non-hydrogen) atoms. The van der Waals surface area contributed by atoms with Gasteiger partial charge in [0, 0.05) is 5.56 Å². The van der Waals surface area contributed by atoms with E-state index >= 15 is 0 Å². The van der Waals surface area contributed by atoms with Crippen LogP contribution in [-0.2, 0) is 26.0 Å². The summed E-state index contributed by atoms with van der Waals surface area (Å²) < 4.78 is 88.0. The summed E-state index contributed by atoms with van der Waals surface area (Å²) in [6.45, 7) is 2.95. The standard InChI is InChI=1S/C17H16F3NO5S2/c1-11(2)27(23,24)14-7-9-15(10-8-14)28(25,26)21-16(22)12-3-5-13(6-4-12)17(18,19)20/h3-11H,1-2H3,(H,21,22). The lowest BCUT2D eigenvalue weighted by atomic mass is 10.1. The van der Waals surface area contributed by atoms with Crippen molar-refractivity contribution in [2.75, 3.05) is 0 Å². The van der Waals surface area contributed by atoms with Crippen LogP contribution in [0.15, 0.2) is 58.3 Å². The van der Waals surface area contributed by atoms with Crippen molar-refractivity contribution < 1.29 is 34.8 Å². The van der Waals surface area contributed by atoms with Crippen LogP contribution in [-0.4, -0.2) is 28.0 Å². The number of rotatable bonds is 5. The quantitative estimate of drug-likeness (QED) is 0.779. The Morgan fingerprint density at radius 2 is 1.32 bits per heavy atom. The number of hydrogen-bond acceptors (Lipinski definition) is 5. The Morgan fingerprint density at radius 3 is 1.75 bits per heavy atom. The van der Waals surface area contributed by atoms with Crippen molar-refractivity contribution in [3.05, 3.63) is 59.7 Å². The molecule has 0 radical (unpaired) electrons. The molecule has 1 N–H and O–H groups in total. The smallest absolute Gasteiger partial charge is 0.268 e. The number of alkyl halides is 3. The van der Waals surface area contributed by atoms with Gasteiger partial charge in [0.2, 0.25) is 0 Å². The van der Waals surface area contributed by atoms with E-state index in [0.29, 0.717) is 12.1 Å². The first-order valence-electron chi connectivity index (χ1n) is 7.83. The molecule has 0 fully saturated rings. The van der Waals surface area contributed by atoms with Gasteiger partial charge in [0.05, 0.1) is 20.6 Å². The number of sulfone groups is 1. The lowest BCUT2D eigenvalue weighted by Gasteiger charge is -2.10. The number of hydrogen-bond donors (Lipinski definition) is 1. The molecule has 2 aromatic rings. The summed E-state index contributed by atoms with van der Waals surface area (Å²) in [5.74, 6) is -1.12. The van der Waals surface area contributed by atoms with Gasteiger partial charge in [0.25, 0.3) is 15.9 Å². The minimum absolute atomic E-state index is 0.0736. The molecule has 0 unspecified atom stereocenters. The van der Waals surface area contributed by atoms with Crippen molar-refractivity contribution in [1.29, 1.82) is 0 Å². The fourth-order valence-corrected chi connectivity index (χ4v) is 4.17. The average Bonchev–Trinajstić information content (AvgIpc) is 2.60. The summed E-state index contributed by atoms with van der Waals surface area (Å²) in [4.78, 5) is 11.6. The van der Waals surface area contributed by atoms with Crippen LogP contribution in [0.5, 0.6) is 0 Å². The van der Waals surface area contributed by atoms with E-state index in [0.717, 1.165) is 36.4 Å². The predicted octanol–water partition coefficient (Wildman–Crippen LogP) is 3.01. The second kappa shape index (κ2) is 7.55. The van der Waals surface area contributed by atoms with Crippen molar-refractivity contribution in [3.63, 3.8) is 0 Å². The first-order valence-corrected chi connectivity index (χ1v) is 10.9. The molecule has 152 valence electrons. The molecule has 0 spiro atoms. The third-order valence-electron chi connectivity index (χ3n) is 3.78. The fraction of sp³-hybridized carbons (Fsp3) is 0.235. The summed E-state index contributed by atoms with van der Waals surface area (Å²) >= 11 is 0. The lowest BCUT2D eigenvalue weighted by molar-refractivity contribution is -0.137. The van der Waals surface area contributed by atoms with Gasteiger partial charge >= 0.3 is 6.18 Å². The van der Waals surface area contributed by atoms with Crippen LogP contribution in [0.2, 0.25) is 0 Å². The largest absolute Gasteiger partial charge is 0.416 e. The van der Waals surface area contributed by atoms with E-state index in [1.807, 2.05) is 0 Å². The Labute approximate surface area is 160 Å². The van der Waals surface area contributed by atoms with Crippen LogP contribution in [0.25, 0.3) is 0 Å². The van der Waals surface area contributed by atoms with Gasteiger partial charge < -0.3 is 0 Å². The van der Waals surface area contributed by atoms with Gasteiger partial charge in [-0.25, -0.2) is 21.6 Å². The van der Waals surface area contributed by atoms with Gasteiger partial charge in [-0.3, -0.25) is 4.79 Å². The number of nitrogens with one attached hydrogen (secondary N) is 1. The SMILES string of the molecule is CC(C)S(=O)(=O)c1ccc(S(=O)(=O)NC(=O)c2ccc(C(F)(F)F)cc2)cc1. The highest BCUT2D eigenvalue weighted by Crippen LogP contribution is 2.29. The summed E-state index contributed by atoms with van der Waals surface area (Å²) in [7, 11) is -7.94. The van der Waals surface area contributed by atoms with Crippen molar-refractivity contribution in [2.45, 2.75) is 35.1 Å². The Hall–Kier alpha value is -2.40. The molecule has 11 heteroatoms. The molecule has 0 atom stereocenters. The second-order valence-electron chi connectivity index (χ2n) is 6.07. The number of carbonyl (C=O) groups excluding carboxylic acids is 1. The number of amides is 1. The number of benzene rings is 2. The van der Waals surface area contributed by atoms with Gasteiger partial charge in [0.1, 0.15) is 0 Å². The van der Waals surface area contributed by atoms with Gasteiger partial charge in [-0.05, 0) is 62.4 Å². The maximum atomic E-state index is 12.5. The predicted molar refractivity (Wildman–Crippen MR) is 94.9 cm³/mol. The average molecular weight is 435 g/mol. The molecule has 0 bridgehead atoms. The zero-order valence-corrected chi connectivity index (χ0v) is 16.3. The van der Waals surface area contributed by atoms with Crippen molar-refractivity contribution in [2.24, 2.45) is 0 Å². The van der Waals surface area contributed by atoms with Crippen LogP contribution in [0.4, 0.5) is 13.2 Å². The van der Waals surface area contributed by atoms with Crippen molar-refractivity contribution >= 4 is 25.8 Å². The molecule has 2 rings (SSSR count). The monoisotopic (exact) mass is 435 g/mol. The molecule has 0 aliphatic carbocycles. The molecule has 2 aromatic carbocycles. The zero-order valence-electron chi connectivity index (χ0n) is 14.7. The van der Waals surface area contributed by atoms with Crippen molar-refractivity contribution in [1.82, 2.24) is 4.72 Å². The first kappa shape index (κ1) is 21.9. The summed E-state index contributed by atoms with van der Waals surface area (Å²) in [6, 6.07) is 7.28. The zero-order chi connectivity index (χ0) is 21.3. The molecule has 0 saturated heterocycles. The Balaban J connectivity index is 2.22. The number of sulfonamides is 1. The van der Waals surface area contributed by atoms with E-state index in [2.05, 4.69) is 0 Å². The molecule has 0 aliphatic heterocycles. The molecule has 6 nitrogen and oxygen atoms in total. The highest BCUT2D eigenvalue weighted by molar-refractivity contribution is 7.92. The second-order valence-corrected chi connectivity index (χ2v) is 10.3. The van der Waals surface area contributed by atoms with Crippen LogP contribution in [0, 0.1) is 0 Å². The van der Waals surface area contributed by atoms with E-state index in [1.165, 1.54) is 13.8 Å². The fourth-order valence-electron chi connectivity index (χ4n) is 2.13. The lowest BCUT2D eigenvalue weighted by Crippen LogP contribution is -2.30. The minimum atomic E-state index is -4.58. The molecule has 0 aromatic heterocycles. The summed E-state index contributed by atoms with van der Waals surface area (Å²) in [5, 5.41) is -0.700. The Morgan fingerprint density at radius 1 is 0.857 bits per heavy atom. The summed E-state index contributed by atoms with van der Waals surface area (Å²) in [5.41, 5.74) is -1.26. The van der Waals surface area contributed by atoms with E-state index in [9.17, 15) is 34.8 Å². The van der Waals surface area contributed by atoms with Crippen molar-refractivity contribution in [3.8, 4) is 0 Å². The molecule has 1 amide bonds. The van der Waals surface area contributed by atoms with E-state index < -0.39 is 42.8 Å². The van der Waals surface area contributed by atoms with E-state index in [1.54, 1.807) is 4.72 Å². The highest BCUT2D eigenvalue weighted by atomic mass is 32.2. The van der Waals surface area contributed by atoms with Gasteiger partial charge in [-0.15, -0.1) is 0 Å². The number of halogens is 3. The molecular weight excluding hydrogens is 419 g/mol. The third kappa shape index (κ3) is 4.71. The molecule has 0 heterocycles. The van der Waals surface area contributed by atoms with E-state index in [4.69, 9.17) is 0 Å². The Bertz CT molecular complexity index is 1070. The van der Waals surface area contributed by atoms with Crippen LogP contribution in [0.3, 0.4) is 0 Å². The van der Waals surface area contributed by atoms with Crippen LogP contribution >= 0.6 is 0 Å². The maximum absolute atomic E-state index is 12.5. The molecular formula is C17H16F3NO5S2. The molecule has 0 saturated carbocycles. The minimum Gasteiger partial charge on any atom is -0.268 e. The highest BCUT2D eigenvalue weighted by Gasteiger charge is 2.30. The topological polar surface area (TPSA) is 97.4 Å². The first-order chi connectivity index (χ1) is 12.7. The number of carbonyl (C=O) groups is 1. The normalized spacial score (nSPS) is 12.8.